The zero-order chi connectivity index (χ0) is 37.7. The number of benzene rings is 1. The fraction of sp³-hybridized carbons (Fsp3) is 0.541. The summed E-state index contributed by atoms with van der Waals surface area (Å²) in [6, 6.07) is 4.29. The van der Waals surface area contributed by atoms with E-state index >= 15 is 0 Å². The Morgan fingerprint density at radius 3 is 2.00 bits per heavy atom. The van der Waals surface area contributed by atoms with Crippen molar-refractivity contribution in [3.63, 3.8) is 0 Å². The van der Waals surface area contributed by atoms with Crippen LogP contribution < -0.4 is 21.7 Å². The second kappa shape index (κ2) is 18.3. The number of hydrogen-bond acceptors (Lipinski definition) is 9. The molecule has 4 amide bonds. The van der Waals surface area contributed by atoms with E-state index in [1.807, 2.05) is 0 Å². The number of ketones is 2. The van der Waals surface area contributed by atoms with Crippen molar-refractivity contribution in [2.24, 2.45) is 17.1 Å². The first-order valence-electron chi connectivity index (χ1n) is 16.8. The molecule has 1 aliphatic rings. The van der Waals surface area contributed by atoms with Crippen molar-refractivity contribution in [2.75, 3.05) is 18.4 Å². The minimum atomic E-state index is -1.05. The Kier molecular flexibility index (Phi) is 15.1. The molecule has 1 aromatic rings. The molecule has 0 radical (unpaired) electrons. The molecule has 274 valence electrons. The maximum absolute atomic E-state index is 13.2. The second-order valence-corrected chi connectivity index (χ2v) is 14.4. The van der Waals surface area contributed by atoms with Crippen molar-refractivity contribution in [2.45, 2.75) is 105 Å². The average Bonchev–Trinajstić information content (AvgIpc) is 2.94. The lowest BCUT2D eigenvalue weighted by atomic mass is 9.62. The van der Waals surface area contributed by atoms with Crippen molar-refractivity contribution < 1.29 is 43.0 Å². The number of esters is 2. The molecule has 0 unspecified atom stereocenters. The van der Waals surface area contributed by atoms with E-state index in [0.717, 1.165) is 6.42 Å². The van der Waals surface area contributed by atoms with Gasteiger partial charge in [-0.3, -0.25) is 19.2 Å². The topological polar surface area (TPSA) is 200 Å². The summed E-state index contributed by atoms with van der Waals surface area (Å²) < 4.78 is 10.6. The van der Waals surface area contributed by atoms with Gasteiger partial charge in [0.05, 0.1) is 5.41 Å². The Hall–Kier alpha value is -4.81. The number of urea groups is 1. The van der Waals surface area contributed by atoms with Gasteiger partial charge in [0.1, 0.15) is 22.8 Å². The number of nitrogens with one attached hydrogen (secondary N) is 3. The van der Waals surface area contributed by atoms with E-state index in [1.54, 1.807) is 59.7 Å². The molecular formula is C37H52N4O9. The minimum absolute atomic E-state index is 0.0476. The van der Waals surface area contributed by atoms with Crippen LogP contribution in [0.1, 0.15) is 105 Å². The van der Waals surface area contributed by atoms with E-state index in [0.29, 0.717) is 36.1 Å². The highest BCUT2D eigenvalue weighted by atomic mass is 16.6. The minimum Gasteiger partial charge on any atom is -0.457 e. The smallest absolute Gasteiger partial charge is 0.331 e. The first kappa shape index (κ1) is 41.4. The molecule has 1 aromatic carbocycles. The predicted octanol–water partition coefficient (Wildman–Crippen LogP) is 4.62. The Labute approximate surface area is 294 Å². The highest BCUT2D eigenvalue weighted by Crippen LogP contribution is 2.44. The number of nitrogens with two attached hydrogens (primary N) is 1. The number of primary amides is 1. The van der Waals surface area contributed by atoms with E-state index < -0.39 is 52.3 Å². The van der Waals surface area contributed by atoms with Crippen LogP contribution in [0.3, 0.4) is 0 Å². The molecule has 0 heterocycles. The zero-order valence-electron chi connectivity index (χ0n) is 30.2. The number of Topliss-reactive ketones (excluding diaryl/α,β-unsaturated/α-hetero) is 2. The molecule has 0 bridgehead atoms. The van der Waals surface area contributed by atoms with Crippen LogP contribution in [0.2, 0.25) is 0 Å². The molecule has 1 saturated carbocycles. The summed E-state index contributed by atoms with van der Waals surface area (Å²) >= 11 is 0. The third-order valence-electron chi connectivity index (χ3n) is 7.87. The largest absolute Gasteiger partial charge is 0.457 e. The summed E-state index contributed by atoms with van der Waals surface area (Å²) in [6.45, 7) is 12.1. The standard InChI is InChI=1S/C37H52N4O9/c1-24(42)37(18-9-19-37)29(43)23-27(10-8-20-40-34(38)48)33(47)39-21-17-30(44)41-28-22-25(12-15-31(45)49-35(2,3)4)11-13-26(28)14-16-32(46)50-36(5,6)7/h11-16,22,27H,8-10,17-21,23H2,1-7H3,(H,39,47)(H,41,44)(H3,38,40,48)/b15-12+,16-14+/t27-/m1/s1. The predicted molar refractivity (Wildman–Crippen MR) is 189 cm³/mol. The van der Waals surface area contributed by atoms with Crippen molar-refractivity contribution in [3.05, 3.63) is 41.5 Å². The van der Waals surface area contributed by atoms with Gasteiger partial charge in [-0.15, -0.1) is 0 Å². The summed E-state index contributed by atoms with van der Waals surface area (Å²) in [4.78, 5) is 87.3. The highest BCUT2D eigenvalue weighted by Gasteiger charge is 2.48. The van der Waals surface area contributed by atoms with Crippen molar-refractivity contribution in [3.8, 4) is 0 Å². The highest BCUT2D eigenvalue weighted by molar-refractivity contribution is 6.08. The van der Waals surface area contributed by atoms with E-state index in [9.17, 15) is 33.6 Å². The first-order chi connectivity index (χ1) is 23.2. The zero-order valence-corrected chi connectivity index (χ0v) is 30.2. The summed E-state index contributed by atoms with van der Waals surface area (Å²) in [6.07, 6.45) is 7.61. The van der Waals surface area contributed by atoms with E-state index in [1.165, 1.54) is 31.2 Å². The molecule has 2 rings (SSSR count). The van der Waals surface area contributed by atoms with Gasteiger partial charge in [-0.2, -0.15) is 0 Å². The fourth-order valence-corrected chi connectivity index (χ4v) is 5.24. The molecule has 1 fully saturated rings. The van der Waals surface area contributed by atoms with Gasteiger partial charge >= 0.3 is 18.0 Å². The van der Waals surface area contributed by atoms with Crippen LogP contribution in [0.15, 0.2) is 30.4 Å². The molecule has 13 nitrogen and oxygen atoms in total. The van der Waals surface area contributed by atoms with Gasteiger partial charge in [0.25, 0.3) is 0 Å². The van der Waals surface area contributed by atoms with Crippen LogP contribution in [0.5, 0.6) is 0 Å². The third-order valence-corrected chi connectivity index (χ3v) is 7.87. The first-order valence-corrected chi connectivity index (χ1v) is 16.8. The molecule has 0 saturated heterocycles. The monoisotopic (exact) mass is 696 g/mol. The third kappa shape index (κ3) is 14.4. The number of carbonyl (C=O) groups is 7. The maximum atomic E-state index is 13.2. The Bertz CT molecular complexity index is 1490. The van der Waals surface area contributed by atoms with Gasteiger partial charge in [-0.1, -0.05) is 18.6 Å². The molecule has 5 N–H and O–H groups in total. The molecule has 50 heavy (non-hydrogen) atoms. The Morgan fingerprint density at radius 2 is 1.48 bits per heavy atom. The number of rotatable bonds is 17. The number of ether oxygens (including phenoxy) is 2. The summed E-state index contributed by atoms with van der Waals surface area (Å²) in [5, 5.41) is 7.98. The fourth-order valence-electron chi connectivity index (χ4n) is 5.24. The normalized spacial score (nSPS) is 14.7. The number of carbonyl (C=O) groups excluding carboxylic acids is 7. The molecule has 13 heteroatoms. The van der Waals surface area contributed by atoms with Crippen LogP contribution in [-0.4, -0.2) is 65.6 Å². The Morgan fingerprint density at radius 1 is 0.880 bits per heavy atom. The molecule has 0 spiro atoms. The quantitative estimate of drug-likeness (QED) is 0.0776. The van der Waals surface area contributed by atoms with Crippen LogP contribution in [0.4, 0.5) is 10.5 Å². The lowest BCUT2D eigenvalue weighted by molar-refractivity contribution is -0.149. The number of hydrogen-bond donors (Lipinski definition) is 4. The van der Waals surface area contributed by atoms with Crippen LogP contribution in [0.25, 0.3) is 12.2 Å². The second-order valence-electron chi connectivity index (χ2n) is 14.4. The lowest BCUT2D eigenvalue weighted by Gasteiger charge is -2.38. The summed E-state index contributed by atoms with van der Waals surface area (Å²) in [5.74, 6) is -3.26. The van der Waals surface area contributed by atoms with Crippen LogP contribution in [0, 0.1) is 11.3 Å². The van der Waals surface area contributed by atoms with E-state index in [2.05, 4.69) is 16.0 Å². The van der Waals surface area contributed by atoms with Crippen molar-refractivity contribution in [1.82, 2.24) is 10.6 Å². The van der Waals surface area contributed by atoms with Gasteiger partial charge in [-0.05, 0) is 103 Å². The van der Waals surface area contributed by atoms with Crippen molar-refractivity contribution in [1.29, 1.82) is 0 Å². The molecule has 0 aromatic heterocycles. The van der Waals surface area contributed by atoms with Gasteiger partial charge in [0, 0.05) is 49.7 Å². The van der Waals surface area contributed by atoms with Gasteiger partial charge in [0.15, 0.2) is 0 Å². The molecular weight excluding hydrogens is 644 g/mol. The van der Waals surface area contributed by atoms with Crippen molar-refractivity contribution >= 4 is 59.2 Å². The molecule has 0 aliphatic heterocycles. The van der Waals surface area contributed by atoms with Crippen LogP contribution >= 0.6 is 0 Å². The maximum Gasteiger partial charge on any atom is 0.331 e. The van der Waals surface area contributed by atoms with E-state index in [-0.39, 0.29) is 43.9 Å². The SMILES string of the molecule is CC(=O)C1(C(=O)C[C@@H](CCCNC(N)=O)C(=O)NCCC(=O)Nc2cc(/C=C/C(=O)OC(C)(C)C)ccc2/C=C/C(=O)OC(C)(C)C)CCC1. The average molecular weight is 697 g/mol. The lowest BCUT2D eigenvalue weighted by Crippen LogP contribution is -2.46. The van der Waals surface area contributed by atoms with Crippen LogP contribution in [-0.2, 0) is 38.2 Å². The number of amides is 4. The Balaban J connectivity index is 2.15. The summed E-state index contributed by atoms with van der Waals surface area (Å²) in [7, 11) is 0. The summed E-state index contributed by atoms with van der Waals surface area (Å²) in [5.41, 5.74) is 4.11. The molecule has 1 atom stereocenters. The van der Waals surface area contributed by atoms with Gasteiger partial charge in [0.2, 0.25) is 11.8 Å². The molecule has 1 aliphatic carbocycles. The van der Waals surface area contributed by atoms with Gasteiger partial charge in [-0.25, -0.2) is 14.4 Å². The number of anilines is 1. The van der Waals surface area contributed by atoms with E-state index in [4.69, 9.17) is 15.2 Å². The van der Waals surface area contributed by atoms with Gasteiger partial charge < -0.3 is 31.2 Å².